The maximum atomic E-state index is 13.2. The van der Waals surface area contributed by atoms with Gasteiger partial charge in [-0.05, 0) is 35.2 Å². The number of nitrogens with two attached hydrogens (primary N) is 1. The molecule has 0 saturated carbocycles. The number of halogens is 3. The third kappa shape index (κ3) is 3.50. The number of carbonyl (C=O) groups is 1. The van der Waals surface area contributed by atoms with Gasteiger partial charge >= 0.3 is 6.61 Å². The lowest BCUT2D eigenvalue weighted by Crippen LogP contribution is -2.48. The van der Waals surface area contributed by atoms with E-state index < -0.39 is 18.4 Å². The number of rotatable bonds is 6. The van der Waals surface area contributed by atoms with Crippen LogP contribution in [-0.2, 0) is 16.8 Å². The summed E-state index contributed by atoms with van der Waals surface area (Å²) in [6.07, 6.45) is -0.371. The molecule has 1 amide bonds. The van der Waals surface area contributed by atoms with E-state index in [-0.39, 0.29) is 17.5 Å². The maximum Gasteiger partial charge on any atom is 0.387 e. The van der Waals surface area contributed by atoms with Gasteiger partial charge in [0.25, 0.3) is 5.91 Å². The van der Waals surface area contributed by atoms with Gasteiger partial charge in [-0.25, -0.2) is 0 Å². The molecule has 2 atom stereocenters. The van der Waals surface area contributed by atoms with Gasteiger partial charge in [-0.15, -0.1) is 11.6 Å². The molecule has 2 aromatic rings. The Morgan fingerprint density at radius 2 is 1.96 bits per heavy atom. The van der Waals surface area contributed by atoms with E-state index in [9.17, 15) is 13.6 Å². The number of carbonyl (C=O) groups excluding carboxylic acids is 1. The predicted molar refractivity (Wildman–Crippen MR) is 98.6 cm³/mol. The number of benzene rings is 2. The Bertz CT molecular complexity index is 822. The van der Waals surface area contributed by atoms with Crippen LogP contribution in [0.1, 0.15) is 16.7 Å². The highest BCUT2D eigenvalue weighted by Gasteiger charge is 2.51. The van der Waals surface area contributed by atoms with E-state index in [2.05, 4.69) is 10.1 Å². The van der Waals surface area contributed by atoms with Crippen LogP contribution < -0.4 is 15.8 Å². The Hall–Kier alpha value is -2.22. The molecular formula is C19H20ClF2N3O2. The van der Waals surface area contributed by atoms with Crippen molar-refractivity contribution < 1.29 is 18.3 Å². The number of likely N-dealkylation sites (N-methyl/N-ethyl adjacent to an activating group) is 1. The second kappa shape index (κ2) is 7.80. The number of aryl methyl sites for hydroxylation is 1. The molecule has 1 fully saturated rings. The Kier molecular flexibility index (Phi) is 5.64. The lowest BCUT2D eigenvalue weighted by Gasteiger charge is -2.29. The monoisotopic (exact) mass is 395 g/mol. The lowest BCUT2D eigenvalue weighted by atomic mass is 9.81. The third-order valence-electron chi connectivity index (χ3n) is 4.70. The van der Waals surface area contributed by atoms with Crippen LogP contribution in [0.3, 0.4) is 0 Å². The van der Waals surface area contributed by atoms with Crippen LogP contribution >= 0.6 is 11.6 Å². The van der Waals surface area contributed by atoms with Crippen LogP contribution in [0.2, 0.25) is 0 Å². The largest absolute Gasteiger partial charge is 0.435 e. The molecule has 1 heterocycles. The fourth-order valence-corrected chi connectivity index (χ4v) is 3.56. The molecule has 1 unspecified atom stereocenters. The molecule has 1 saturated heterocycles. The topological polar surface area (TPSA) is 67.6 Å². The summed E-state index contributed by atoms with van der Waals surface area (Å²) in [4.78, 5) is 14.6. The van der Waals surface area contributed by atoms with Crippen molar-refractivity contribution in [2.45, 2.75) is 24.9 Å². The first kappa shape index (κ1) is 19.5. The highest BCUT2D eigenvalue weighted by Crippen LogP contribution is 2.38. The first-order valence-electron chi connectivity index (χ1n) is 8.40. The van der Waals surface area contributed by atoms with Gasteiger partial charge in [0.1, 0.15) is 12.0 Å². The molecule has 144 valence electrons. The van der Waals surface area contributed by atoms with Gasteiger partial charge in [0.15, 0.2) is 5.54 Å². The van der Waals surface area contributed by atoms with Gasteiger partial charge in [0.2, 0.25) is 0 Å². The van der Waals surface area contributed by atoms with E-state index in [1.54, 1.807) is 19.2 Å². The Morgan fingerprint density at radius 1 is 1.26 bits per heavy atom. The summed E-state index contributed by atoms with van der Waals surface area (Å²) in [5.74, 6) is 0.0311. The van der Waals surface area contributed by atoms with Crippen LogP contribution in [0.15, 0.2) is 48.5 Å². The normalized spacial score (nSPS) is 22.5. The highest BCUT2D eigenvalue weighted by atomic mass is 35.5. The van der Waals surface area contributed by atoms with Crippen molar-refractivity contribution in [1.29, 1.82) is 0 Å². The standard InChI is InChI=1S/C19H20ClF2N3O2/c1-25-16(26)19(24-18(25)23,13-5-3-2-4-6-13)14-7-8-15(27-17(21)22)12(11-14)9-10-20/h2-8,11,17-18,24H,9-10,23H2,1H3/t18?,19-/m1/s1. The van der Waals surface area contributed by atoms with Crippen molar-refractivity contribution in [3.63, 3.8) is 0 Å². The number of nitrogens with one attached hydrogen (secondary N) is 1. The van der Waals surface area contributed by atoms with Gasteiger partial charge in [-0.2, -0.15) is 8.78 Å². The van der Waals surface area contributed by atoms with E-state index in [0.29, 0.717) is 23.1 Å². The van der Waals surface area contributed by atoms with Crippen LogP contribution in [0.25, 0.3) is 0 Å². The second-order valence-electron chi connectivity index (χ2n) is 6.26. The molecule has 0 radical (unpaired) electrons. The quantitative estimate of drug-likeness (QED) is 0.738. The minimum absolute atomic E-state index is 0.0423. The van der Waals surface area contributed by atoms with Gasteiger partial charge in [-0.1, -0.05) is 36.4 Å². The minimum Gasteiger partial charge on any atom is -0.435 e. The zero-order valence-electron chi connectivity index (χ0n) is 14.7. The van der Waals surface area contributed by atoms with Crippen LogP contribution in [-0.4, -0.2) is 36.6 Å². The molecule has 27 heavy (non-hydrogen) atoms. The summed E-state index contributed by atoms with van der Waals surface area (Å²) in [5.41, 5.74) is 6.62. The molecule has 1 aliphatic heterocycles. The number of ether oxygens (including phenoxy) is 1. The first-order valence-corrected chi connectivity index (χ1v) is 8.94. The lowest BCUT2D eigenvalue weighted by molar-refractivity contribution is -0.131. The van der Waals surface area contributed by atoms with E-state index in [1.165, 1.54) is 11.0 Å². The van der Waals surface area contributed by atoms with Crippen molar-refractivity contribution in [2.75, 3.05) is 12.9 Å². The first-order chi connectivity index (χ1) is 12.9. The average Bonchev–Trinajstić information content (AvgIpc) is 2.89. The van der Waals surface area contributed by atoms with Gasteiger partial charge in [-0.3, -0.25) is 15.8 Å². The predicted octanol–water partition coefficient (Wildman–Crippen LogP) is 2.62. The zero-order valence-corrected chi connectivity index (χ0v) is 15.4. The van der Waals surface area contributed by atoms with Crippen molar-refractivity contribution in [3.05, 3.63) is 65.2 Å². The summed E-state index contributed by atoms with van der Waals surface area (Å²) < 4.78 is 30.0. The molecule has 3 rings (SSSR count). The summed E-state index contributed by atoms with van der Waals surface area (Å²) >= 11 is 5.83. The maximum absolute atomic E-state index is 13.2. The van der Waals surface area contributed by atoms with Crippen molar-refractivity contribution in [2.24, 2.45) is 5.73 Å². The average molecular weight is 396 g/mol. The Morgan fingerprint density at radius 3 is 2.52 bits per heavy atom. The zero-order chi connectivity index (χ0) is 19.6. The van der Waals surface area contributed by atoms with Gasteiger partial charge in [0.05, 0.1) is 0 Å². The molecule has 0 spiro atoms. The van der Waals surface area contributed by atoms with Crippen LogP contribution in [0.5, 0.6) is 5.75 Å². The second-order valence-corrected chi connectivity index (χ2v) is 6.64. The van der Waals surface area contributed by atoms with Crippen LogP contribution in [0, 0.1) is 0 Å². The molecule has 8 heteroatoms. The molecule has 3 N–H and O–H groups in total. The highest BCUT2D eigenvalue weighted by molar-refractivity contribution is 6.18. The molecule has 2 aromatic carbocycles. The molecular weight excluding hydrogens is 376 g/mol. The fourth-order valence-electron chi connectivity index (χ4n) is 3.36. The van der Waals surface area contributed by atoms with Crippen LogP contribution in [0.4, 0.5) is 8.78 Å². The van der Waals surface area contributed by atoms with E-state index in [4.69, 9.17) is 17.3 Å². The molecule has 5 nitrogen and oxygen atoms in total. The number of nitrogens with zero attached hydrogens (tertiary/aromatic N) is 1. The molecule has 1 aliphatic rings. The smallest absolute Gasteiger partial charge is 0.387 e. The minimum atomic E-state index is -2.95. The third-order valence-corrected chi connectivity index (χ3v) is 4.89. The summed E-state index contributed by atoms with van der Waals surface area (Å²) in [6, 6.07) is 13.8. The van der Waals surface area contributed by atoms with E-state index >= 15 is 0 Å². The number of hydrogen-bond acceptors (Lipinski definition) is 4. The molecule has 0 aliphatic carbocycles. The van der Waals surface area contributed by atoms with Gasteiger partial charge < -0.3 is 9.64 Å². The number of amides is 1. The van der Waals surface area contributed by atoms with E-state index in [1.807, 2.05) is 30.3 Å². The number of alkyl halides is 3. The van der Waals surface area contributed by atoms with Crippen molar-refractivity contribution in [1.82, 2.24) is 10.2 Å². The summed E-state index contributed by atoms with van der Waals surface area (Å²) in [7, 11) is 1.61. The number of hydrogen-bond donors (Lipinski definition) is 2. The van der Waals surface area contributed by atoms with Crippen molar-refractivity contribution in [3.8, 4) is 5.75 Å². The fraction of sp³-hybridized carbons (Fsp3) is 0.316. The summed E-state index contributed by atoms with van der Waals surface area (Å²) in [6.45, 7) is -2.95. The van der Waals surface area contributed by atoms with E-state index in [0.717, 1.165) is 0 Å². The SMILES string of the molecule is CN1C(=O)[C@@](c2ccccc2)(c2ccc(OC(F)F)c(CCCl)c2)NC1N. The summed E-state index contributed by atoms with van der Waals surface area (Å²) in [5, 5.41) is 3.16. The van der Waals surface area contributed by atoms with Gasteiger partial charge in [0, 0.05) is 12.9 Å². The molecule has 0 bridgehead atoms. The molecule has 0 aromatic heterocycles. The Balaban J connectivity index is 2.17. The Labute approximate surface area is 161 Å². The van der Waals surface area contributed by atoms with Crippen molar-refractivity contribution >= 4 is 17.5 Å².